The summed E-state index contributed by atoms with van der Waals surface area (Å²) in [6.07, 6.45) is 0. The Morgan fingerprint density at radius 3 is 2.50 bits per heavy atom. The zero-order valence-corrected chi connectivity index (χ0v) is 11.0. The summed E-state index contributed by atoms with van der Waals surface area (Å²) in [5.41, 5.74) is 3.29. The van der Waals surface area contributed by atoms with Crippen LogP contribution in [0.3, 0.4) is 0 Å². The summed E-state index contributed by atoms with van der Waals surface area (Å²) in [5.74, 6) is 0. The third-order valence-electron chi connectivity index (χ3n) is 2.95. The molecule has 0 fully saturated rings. The lowest BCUT2D eigenvalue weighted by atomic mass is 9.98. The van der Waals surface area contributed by atoms with E-state index >= 15 is 0 Å². The minimum atomic E-state index is -0.661. The summed E-state index contributed by atoms with van der Waals surface area (Å²) in [7, 11) is 0. The monoisotopic (exact) mass is 221 g/mol. The number of rotatable bonds is 4. The number of aryl methyl sites for hydroxylation is 1. The Labute approximate surface area is 98.7 Å². The van der Waals surface area contributed by atoms with Crippen molar-refractivity contribution in [1.82, 2.24) is 5.32 Å². The van der Waals surface area contributed by atoms with Crippen LogP contribution in [0.25, 0.3) is 0 Å². The molecule has 1 aromatic carbocycles. The number of aliphatic hydroxyl groups is 1. The van der Waals surface area contributed by atoms with Crippen molar-refractivity contribution in [2.45, 2.75) is 46.3 Å². The van der Waals surface area contributed by atoms with Crippen LogP contribution in [0.5, 0.6) is 0 Å². The lowest BCUT2D eigenvalue weighted by Crippen LogP contribution is -2.36. The van der Waals surface area contributed by atoms with Gasteiger partial charge in [-0.1, -0.05) is 18.2 Å². The van der Waals surface area contributed by atoms with Gasteiger partial charge in [0.1, 0.15) is 0 Å². The lowest BCUT2D eigenvalue weighted by Gasteiger charge is -2.23. The Kier molecular flexibility index (Phi) is 4.11. The highest BCUT2D eigenvalue weighted by molar-refractivity contribution is 5.35. The lowest BCUT2D eigenvalue weighted by molar-refractivity contribution is 0.0770. The van der Waals surface area contributed by atoms with Crippen molar-refractivity contribution in [2.75, 3.05) is 6.54 Å². The van der Waals surface area contributed by atoms with Gasteiger partial charge in [0.05, 0.1) is 5.60 Å². The first kappa shape index (κ1) is 13.2. The second-order valence-electron chi connectivity index (χ2n) is 5.20. The molecule has 0 aromatic heterocycles. The Balaban J connectivity index is 2.73. The highest BCUT2D eigenvalue weighted by atomic mass is 16.3. The quantitative estimate of drug-likeness (QED) is 0.819. The molecule has 2 heteroatoms. The summed E-state index contributed by atoms with van der Waals surface area (Å²) in [6, 6.07) is 6.62. The molecule has 1 aromatic rings. The molecule has 0 radical (unpaired) electrons. The highest BCUT2D eigenvalue weighted by Crippen LogP contribution is 2.20. The van der Waals surface area contributed by atoms with Gasteiger partial charge in [0, 0.05) is 12.6 Å². The molecule has 1 atom stereocenters. The van der Waals surface area contributed by atoms with Crippen molar-refractivity contribution in [1.29, 1.82) is 0 Å². The third-order valence-corrected chi connectivity index (χ3v) is 2.95. The van der Waals surface area contributed by atoms with Crippen molar-refractivity contribution < 1.29 is 5.11 Å². The molecule has 0 saturated heterocycles. The topological polar surface area (TPSA) is 32.3 Å². The maximum Gasteiger partial charge on any atom is 0.0715 e. The smallest absolute Gasteiger partial charge is 0.0715 e. The minimum Gasteiger partial charge on any atom is -0.389 e. The van der Waals surface area contributed by atoms with Crippen molar-refractivity contribution >= 4 is 0 Å². The van der Waals surface area contributed by atoms with Gasteiger partial charge in [0.25, 0.3) is 0 Å². The molecular weight excluding hydrogens is 198 g/mol. The van der Waals surface area contributed by atoms with Crippen LogP contribution in [0.15, 0.2) is 18.2 Å². The molecular formula is C14H23NO. The normalized spacial score (nSPS) is 13.9. The van der Waals surface area contributed by atoms with E-state index in [0.717, 1.165) is 0 Å². The second-order valence-corrected chi connectivity index (χ2v) is 5.20. The fourth-order valence-electron chi connectivity index (χ4n) is 1.76. The zero-order chi connectivity index (χ0) is 12.3. The van der Waals surface area contributed by atoms with E-state index in [1.807, 2.05) is 13.8 Å². The number of nitrogens with one attached hydrogen (secondary N) is 1. The maximum atomic E-state index is 9.67. The SMILES string of the molecule is Cc1cccc(C(C)NCC(C)(C)O)c1C. The third kappa shape index (κ3) is 3.62. The molecule has 0 spiro atoms. The van der Waals surface area contributed by atoms with Crippen LogP contribution >= 0.6 is 0 Å². The molecule has 0 aliphatic heterocycles. The van der Waals surface area contributed by atoms with Crippen molar-refractivity contribution in [3.63, 3.8) is 0 Å². The van der Waals surface area contributed by atoms with Crippen molar-refractivity contribution in [3.05, 3.63) is 34.9 Å². The summed E-state index contributed by atoms with van der Waals surface area (Å²) in [6.45, 7) is 10.6. The van der Waals surface area contributed by atoms with Crippen LogP contribution < -0.4 is 5.32 Å². The molecule has 0 amide bonds. The maximum absolute atomic E-state index is 9.67. The van der Waals surface area contributed by atoms with Crippen LogP contribution in [0.1, 0.15) is 43.5 Å². The van der Waals surface area contributed by atoms with Crippen LogP contribution in [0.4, 0.5) is 0 Å². The molecule has 0 bridgehead atoms. The molecule has 90 valence electrons. The first-order chi connectivity index (χ1) is 7.31. The number of hydrogen-bond donors (Lipinski definition) is 2. The van der Waals surface area contributed by atoms with Gasteiger partial charge in [-0.2, -0.15) is 0 Å². The Hall–Kier alpha value is -0.860. The van der Waals surface area contributed by atoms with E-state index < -0.39 is 5.60 Å². The Morgan fingerprint density at radius 1 is 1.31 bits per heavy atom. The summed E-state index contributed by atoms with van der Waals surface area (Å²) >= 11 is 0. The molecule has 2 nitrogen and oxygen atoms in total. The van der Waals surface area contributed by atoms with E-state index in [4.69, 9.17) is 0 Å². The van der Waals surface area contributed by atoms with Gasteiger partial charge in [-0.25, -0.2) is 0 Å². The highest BCUT2D eigenvalue weighted by Gasteiger charge is 2.15. The standard InChI is InChI=1S/C14H23NO/c1-10-7-6-8-13(11(10)2)12(3)15-9-14(4,5)16/h6-8,12,15-16H,9H2,1-5H3. The molecule has 2 N–H and O–H groups in total. The molecule has 0 aliphatic rings. The van der Waals surface area contributed by atoms with Gasteiger partial charge in [-0.3, -0.25) is 0 Å². The van der Waals surface area contributed by atoms with Gasteiger partial charge >= 0.3 is 0 Å². The van der Waals surface area contributed by atoms with E-state index in [1.54, 1.807) is 0 Å². The van der Waals surface area contributed by atoms with Crippen LogP contribution in [-0.2, 0) is 0 Å². The number of benzene rings is 1. The molecule has 0 heterocycles. The average Bonchev–Trinajstić information content (AvgIpc) is 2.17. The van der Waals surface area contributed by atoms with Crippen LogP contribution in [-0.4, -0.2) is 17.3 Å². The first-order valence-electron chi connectivity index (χ1n) is 5.83. The second kappa shape index (κ2) is 4.98. The molecule has 1 unspecified atom stereocenters. The van der Waals surface area contributed by atoms with Gasteiger partial charge in [0.15, 0.2) is 0 Å². The Morgan fingerprint density at radius 2 is 1.94 bits per heavy atom. The van der Waals surface area contributed by atoms with Crippen molar-refractivity contribution in [2.24, 2.45) is 0 Å². The molecule has 1 rings (SSSR count). The average molecular weight is 221 g/mol. The van der Waals surface area contributed by atoms with E-state index in [-0.39, 0.29) is 6.04 Å². The van der Waals surface area contributed by atoms with E-state index in [9.17, 15) is 5.11 Å². The first-order valence-corrected chi connectivity index (χ1v) is 5.83. The fraction of sp³-hybridized carbons (Fsp3) is 0.571. The molecule has 16 heavy (non-hydrogen) atoms. The molecule has 0 saturated carbocycles. The predicted octanol–water partition coefficient (Wildman–Crippen LogP) is 2.72. The number of hydrogen-bond acceptors (Lipinski definition) is 2. The summed E-state index contributed by atoms with van der Waals surface area (Å²) in [5, 5.41) is 13.0. The molecule has 0 aliphatic carbocycles. The van der Waals surface area contributed by atoms with Gasteiger partial charge in [-0.05, 0) is 51.3 Å². The predicted molar refractivity (Wildman–Crippen MR) is 68.6 cm³/mol. The van der Waals surface area contributed by atoms with Crippen LogP contribution in [0, 0.1) is 13.8 Å². The van der Waals surface area contributed by atoms with Gasteiger partial charge in [-0.15, -0.1) is 0 Å². The summed E-state index contributed by atoms with van der Waals surface area (Å²) < 4.78 is 0. The minimum absolute atomic E-state index is 0.270. The fourth-order valence-corrected chi connectivity index (χ4v) is 1.76. The van der Waals surface area contributed by atoms with Gasteiger partial charge in [0.2, 0.25) is 0 Å². The van der Waals surface area contributed by atoms with Gasteiger partial charge < -0.3 is 10.4 Å². The summed E-state index contributed by atoms with van der Waals surface area (Å²) in [4.78, 5) is 0. The Bertz CT molecular complexity index is 352. The van der Waals surface area contributed by atoms with E-state index in [2.05, 4.69) is 44.3 Å². The largest absolute Gasteiger partial charge is 0.389 e. The van der Waals surface area contributed by atoms with E-state index in [0.29, 0.717) is 6.54 Å². The zero-order valence-electron chi connectivity index (χ0n) is 11.0. The van der Waals surface area contributed by atoms with E-state index in [1.165, 1.54) is 16.7 Å². The van der Waals surface area contributed by atoms with Crippen molar-refractivity contribution in [3.8, 4) is 0 Å². The van der Waals surface area contributed by atoms with Crippen LogP contribution in [0.2, 0.25) is 0 Å².